The molecule has 0 saturated carbocycles. The predicted octanol–water partition coefficient (Wildman–Crippen LogP) is 5.38. The zero-order valence-electron chi connectivity index (χ0n) is 18.9. The van der Waals surface area contributed by atoms with Gasteiger partial charge in [-0.1, -0.05) is 29.8 Å². The number of ether oxygens (including phenoxy) is 1. The normalized spacial score (nSPS) is 12.2. The third kappa shape index (κ3) is 6.57. The fourth-order valence-corrected chi connectivity index (χ4v) is 4.01. The van der Waals surface area contributed by atoms with E-state index < -0.39 is 11.6 Å². The minimum atomic E-state index is -1.06. The van der Waals surface area contributed by atoms with E-state index in [4.69, 9.17) is 16.3 Å². The Morgan fingerprint density at radius 1 is 1.12 bits per heavy atom. The third-order valence-electron chi connectivity index (χ3n) is 5.00. The van der Waals surface area contributed by atoms with E-state index in [1.165, 1.54) is 11.3 Å². The van der Waals surface area contributed by atoms with Crippen molar-refractivity contribution in [2.75, 3.05) is 0 Å². The van der Waals surface area contributed by atoms with E-state index in [2.05, 4.69) is 10.6 Å². The molecular formula is C25H27ClN2O4S. The number of nitrogens with one attached hydrogen (secondary N) is 2. The molecule has 0 radical (unpaired) electrons. The van der Waals surface area contributed by atoms with Gasteiger partial charge in [-0.05, 0) is 75.2 Å². The molecule has 2 amide bonds. The second-order valence-corrected chi connectivity index (χ2v) is 9.98. The number of hydrogen-bond donors (Lipinski definition) is 3. The van der Waals surface area contributed by atoms with Crippen molar-refractivity contribution in [3.8, 4) is 11.5 Å². The highest BCUT2D eigenvalue weighted by atomic mass is 35.5. The largest absolute Gasteiger partial charge is 0.456 e. The summed E-state index contributed by atoms with van der Waals surface area (Å²) in [4.78, 5) is 26.7. The molecule has 1 unspecified atom stereocenters. The van der Waals surface area contributed by atoms with Crippen LogP contribution in [-0.2, 0) is 11.3 Å². The molecule has 0 spiro atoms. The van der Waals surface area contributed by atoms with Crippen molar-refractivity contribution in [2.24, 2.45) is 0 Å². The summed E-state index contributed by atoms with van der Waals surface area (Å²) in [6, 6.07) is 16.0. The van der Waals surface area contributed by atoms with Crippen molar-refractivity contribution in [2.45, 2.75) is 45.9 Å². The number of aliphatic hydroxyl groups is 1. The van der Waals surface area contributed by atoms with Gasteiger partial charge in [0, 0.05) is 11.4 Å². The van der Waals surface area contributed by atoms with Crippen molar-refractivity contribution in [3.05, 3.63) is 80.5 Å². The lowest BCUT2D eigenvalue weighted by Crippen LogP contribution is -2.54. The lowest BCUT2D eigenvalue weighted by atomic mass is 10.0. The fraction of sp³-hybridized carbons (Fsp3) is 0.280. The maximum absolute atomic E-state index is 12.7. The molecule has 0 aliphatic heterocycles. The fourth-order valence-electron chi connectivity index (χ4n) is 3.02. The van der Waals surface area contributed by atoms with E-state index in [0.717, 1.165) is 10.4 Å². The Hall–Kier alpha value is -2.87. The van der Waals surface area contributed by atoms with Crippen molar-refractivity contribution < 1.29 is 19.4 Å². The molecule has 1 atom stereocenters. The number of carbonyl (C=O) groups excluding carboxylic acids is 2. The van der Waals surface area contributed by atoms with E-state index in [-0.39, 0.29) is 11.8 Å². The summed E-state index contributed by atoms with van der Waals surface area (Å²) in [5, 5.41) is 15.7. The number of hydrogen-bond acceptors (Lipinski definition) is 5. The molecule has 0 aliphatic rings. The molecule has 3 rings (SSSR count). The van der Waals surface area contributed by atoms with Gasteiger partial charge in [0.05, 0.1) is 16.0 Å². The van der Waals surface area contributed by atoms with Gasteiger partial charge in [-0.3, -0.25) is 9.59 Å². The smallest absolute Gasteiger partial charge is 0.262 e. The number of aryl methyl sites for hydroxylation is 1. The molecule has 2 aromatic carbocycles. The van der Waals surface area contributed by atoms with Crippen LogP contribution in [0.15, 0.2) is 54.6 Å². The Morgan fingerprint density at radius 2 is 1.82 bits per heavy atom. The van der Waals surface area contributed by atoms with E-state index in [0.29, 0.717) is 33.5 Å². The number of aliphatic hydroxyl groups excluding tert-OH is 1. The van der Waals surface area contributed by atoms with Crippen molar-refractivity contribution in [3.63, 3.8) is 0 Å². The van der Waals surface area contributed by atoms with Crippen LogP contribution in [0.5, 0.6) is 11.5 Å². The molecule has 8 heteroatoms. The van der Waals surface area contributed by atoms with Crippen molar-refractivity contribution in [1.82, 2.24) is 10.6 Å². The van der Waals surface area contributed by atoms with E-state index in [1.807, 2.05) is 25.1 Å². The Labute approximate surface area is 202 Å². The van der Waals surface area contributed by atoms with Crippen LogP contribution in [0.25, 0.3) is 0 Å². The van der Waals surface area contributed by atoms with Crippen LogP contribution in [0.3, 0.4) is 0 Å². The molecule has 174 valence electrons. The minimum Gasteiger partial charge on any atom is -0.456 e. The van der Waals surface area contributed by atoms with Gasteiger partial charge < -0.3 is 20.5 Å². The van der Waals surface area contributed by atoms with Gasteiger partial charge in [0.25, 0.3) is 5.91 Å². The third-order valence-corrected chi connectivity index (χ3v) is 6.30. The first-order chi connectivity index (χ1) is 15.5. The first-order valence-electron chi connectivity index (χ1n) is 10.5. The lowest BCUT2D eigenvalue weighted by molar-refractivity contribution is -0.126. The van der Waals surface area contributed by atoms with Gasteiger partial charge in [-0.25, -0.2) is 0 Å². The van der Waals surface area contributed by atoms with Gasteiger partial charge in [0.1, 0.15) is 17.0 Å². The van der Waals surface area contributed by atoms with Gasteiger partial charge in [0.2, 0.25) is 5.91 Å². The lowest BCUT2D eigenvalue weighted by Gasteiger charge is -2.25. The van der Waals surface area contributed by atoms with Crippen molar-refractivity contribution in [1.29, 1.82) is 0 Å². The first-order valence-corrected chi connectivity index (χ1v) is 11.7. The molecule has 1 aromatic heterocycles. The van der Waals surface area contributed by atoms with E-state index >= 15 is 0 Å². The predicted molar refractivity (Wildman–Crippen MR) is 131 cm³/mol. The standard InChI is InChI=1S/C25H27ClN2O4S/c1-15-5-12-22(33-15)23(30)28-25(3,4)24(31)27-14-17-6-9-19(10-7-17)32-21-11-8-18(16(2)29)13-20(21)26/h5-13,16,29H,14H2,1-4H3,(H,27,31)(H,28,30). The van der Waals surface area contributed by atoms with Crippen LogP contribution in [0, 0.1) is 6.92 Å². The number of amides is 2. The number of rotatable bonds is 8. The maximum atomic E-state index is 12.7. The SMILES string of the molecule is Cc1ccc(C(=O)NC(C)(C)C(=O)NCc2ccc(Oc3ccc(C(C)O)cc3Cl)cc2)s1. The molecule has 0 bridgehead atoms. The van der Waals surface area contributed by atoms with E-state index in [9.17, 15) is 14.7 Å². The highest BCUT2D eigenvalue weighted by Crippen LogP contribution is 2.31. The quantitative estimate of drug-likeness (QED) is 0.399. The van der Waals surface area contributed by atoms with E-state index in [1.54, 1.807) is 57.2 Å². The van der Waals surface area contributed by atoms with Gasteiger partial charge in [-0.2, -0.15) is 0 Å². The summed E-state index contributed by atoms with van der Waals surface area (Å²) in [6.07, 6.45) is -0.607. The summed E-state index contributed by atoms with van der Waals surface area (Å²) in [5.74, 6) is 0.528. The summed E-state index contributed by atoms with van der Waals surface area (Å²) in [5.41, 5.74) is 0.526. The number of benzene rings is 2. The second-order valence-electron chi connectivity index (χ2n) is 8.28. The van der Waals surface area contributed by atoms with Gasteiger partial charge >= 0.3 is 0 Å². The molecule has 1 heterocycles. The van der Waals surface area contributed by atoms with Gasteiger partial charge in [-0.15, -0.1) is 11.3 Å². The molecule has 0 aliphatic carbocycles. The highest BCUT2D eigenvalue weighted by molar-refractivity contribution is 7.13. The van der Waals surface area contributed by atoms with Crippen LogP contribution in [0.1, 0.15) is 52.6 Å². The Morgan fingerprint density at radius 3 is 2.39 bits per heavy atom. The monoisotopic (exact) mass is 486 g/mol. The summed E-state index contributed by atoms with van der Waals surface area (Å²) in [7, 11) is 0. The summed E-state index contributed by atoms with van der Waals surface area (Å²) < 4.78 is 5.82. The topological polar surface area (TPSA) is 87.7 Å². The van der Waals surface area contributed by atoms with Crippen LogP contribution in [0.2, 0.25) is 5.02 Å². The Bertz CT molecular complexity index is 1140. The zero-order chi connectivity index (χ0) is 24.2. The molecule has 6 nitrogen and oxygen atoms in total. The average molecular weight is 487 g/mol. The molecule has 33 heavy (non-hydrogen) atoms. The van der Waals surface area contributed by atoms with Gasteiger partial charge in [0.15, 0.2) is 0 Å². The molecular weight excluding hydrogens is 460 g/mol. The zero-order valence-corrected chi connectivity index (χ0v) is 20.5. The average Bonchev–Trinajstić information content (AvgIpc) is 3.20. The maximum Gasteiger partial charge on any atom is 0.262 e. The van der Waals surface area contributed by atoms with Crippen LogP contribution in [-0.4, -0.2) is 22.5 Å². The van der Waals surface area contributed by atoms with Crippen LogP contribution >= 0.6 is 22.9 Å². The Kier molecular flexibility index (Phi) is 7.79. The highest BCUT2D eigenvalue weighted by Gasteiger charge is 2.30. The first kappa shape index (κ1) is 24.8. The molecule has 3 aromatic rings. The van der Waals surface area contributed by atoms with Crippen LogP contribution in [0.4, 0.5) is 0 Å². The molecule has 0 saturated heterocycles. The summed E-state index contributed by atoms with van der Waals surface area (Å²) >= 11 is 7.63. The second kappa shape index (κ2) is 10.4. The van der Waals surface area contributed by atoms with Crippen LogP contribution < -0.4 is 15.4 Å². The molecule has 0 fully saturated rings. The number of halogens is 1. The Balaban J connectivity index is 1.55. The molecule has 3 N–H and O–H groups in total. The van der Waals surface area contributed by atoms with Crippen molar-refractivity contribution >= 4 is 34.8 Å². The number of thiophene rings is 1. The minimum absolute atomic E-state index is 0.269. The summed E-state index contributed by atoms with van der Waals surface area (Å²) in [6.45, 7) is 7.25. The number of carbonyl (C=O) groups is 2.